The van der Waals surface area contributed by atoms with Gasteiger partial charge in [-0.25, -0.2) is 4.57 Å². The second kappa shape index (κ2) is 70.7. The first-order valence-electron chi connectivity index (χ1n) is 37.7. The van der Waals surface area contributed by atoms with Gasteiger partial charge in [0.15, 0.2) is 0 Å². The number of hydrogen-bond donors (Lipinski definition) is 3. The fourth-order valence-corrected chi connectivity index (χ4v) is 11.2. The number of amides is 1. The Morgan fingerprint density at radius 3 is 1.01 bits per heavy atom. The van der Waals surface area contributed by atoms with E-state index in [2.05, 4.69) is 153 Å². The van der Waals surface area contributed by atoms with Crippen LogP contribution in [0.5, 0.6) is 0 Å². The van der Waals surface area contributed by atoms with Crippen molar-refractivity contribution in [3.05, 3.63) is 146 Å². The zero-order chi connectivity index (χ0) is 66.2. The third-order valence-corrected chi connectivity index (χ3v) is 17.3. The molecule has 3 unspecified atom stereocenters. The van der Waals surface area contributed by atoms with E-state index in [9.17, 15) is 19.4 Å². The summed E-state index contributed by atoms with van der Waals surface area (Å²) in [6, 6.07) is -0.881. The smallest absolute Gasteiger partial charge is 0.387 e. The second-order valence-electron chi connectivity index (χ2n) is 26.3. The number of nitrogens with zero attached hydrogens (tertiary/aromatic N) is 1. The molecule has 0 radical (unpaired) electrons. The number of phosphoric acid groups is 1. The van der Waals surface area contributed by atoms with Crippen molar-refractivity contribution in [1.29, 1.82) is 0 Å². The van der Waals surface area contributed by atoms with Crippen molar-refractivity contribution in [2.24, 2.45) is 0 Å². The summed E-state index contributed by atoms with van der Waals surface area (Å²) >= 11 is 0. The molecule has 0 saturated heterocycles. The van der Waals surface area contributed by atoms with Gasteiger partial charge in [0, 0.05) is 6.42 Å². The molecule has 9 heteroatoms. The molecule has 3 atom stereocenters. The molecule has 0 aliphatic rings. The Balaban J connectivity index is 4.15. The van der Waals surface area contributed by atoms with Crippen molar-refractivity contribution in [2.75, 3.05) is 40.9 Å². The SMILES string of the molecule is CC/C=C\C/C=C\C/C=C\C/C=C\C/C=C\C/C=C\C/C=C\C/C=C\C/C=C\C/C=C\CCCCCCCCCCC(=O)NC(COP(=O)(O)OCC[N+](C)(C)C)C(O)/C=C/CC/C=C/CCCCCCCCCCCCCCCCCCCCCCCCCC. The lowest BCUT2D eigenvalue weighted by Gasteiger charge is -2.25. The van der Waals surface area contributed by atoms with E-state index in [0.29, 0.717) is 17.4 Å². The van der Waals surface area contributed by atoms with E-state index in [-0.39, 0.29) is 19.1 Å². The van der Waals surface area contributed by atoms with E-state index < -0.39 is 20.0 Å². The average Bonchev–Trinajstić information content (AvgIpc) is 3.58. The number of rotatable bonds is 68. The van der Waals surface area contributed by atoms with Gasteiger partial charge in [0.25, 0.3) is 0 Å². The van der Waals surface area contributed by atoms with Gasteiger partial charge >= 0.3 is 7.82 Å². The molecule has 0 aromatic heterocycles. The Morgan fingerprint density at radius 1 is 0.385 bits per heavy atom. The van der Waals surface area contributed by atoms with E-state index in [1.54, 1.807) is 6.08 Å². The summed E-state index contributed by atoms with van der Waals surface area (Å²) in [4.78, 5) is 23.5. The fraction of sp³-hybridized carbons (Fsp3) is 0.695. The van der Waals surface area contributed by atoms with Crippen LogP contribution in [0.4, 0.5) is 0 Å². The summed E-state index contributed by atoms with van der Waals surface area (Å²) in [5, 5.41) is 14.0. The predicted molar refractivity (Wildman–Crippen MR) is 401 cm³/mol. The van der Waals surface area contributed by atoms with E-state index in [1.807, 2.05) is 27.2 Å². The van der Waals surface area contributed by atoms with Crippen LogP contribution < -0.4 is 5.32 Å². The maximum atomic E-state index is 13.1. The lowest BCUT2D eigenvalue weighted by atomic mass is 10.0. The van der Waals surface area contributed by atoms with Gasteiger partial charge in [-0.1, -0.05) is 346 Å². The number of nitrogens with one attached hydrogen (secondary N) is 1. The van der Waals surface area contributed by atoms with Crippen LogP contribution in [0, 0.1) is 0 Å². The van der Waals surface area contributed by atoms with Gasteiger partial charge < -0.3 is 19.8 Å². The van der Waals surface area contributed by atoms with Crippen LogP contribution >= 0.6 is 7.82 Å². The predicted octanol–water partition coefficient (Wildman–Crippen LogP) is 24.7. The van der Waals surface area contributed by atoms with Crippen molar-refractivity contribution < 1.29 is 32.9 Å². The molecule has 0 heterocycles. The van der Waals surface area contributed by atoms with E-state index in [4.69, 9.17) is 9.05 Å². The molecule has 91 heavy (non-hydrogen) atoms. The number of carbonyl (C=O) groups is 1. The second-order valence-corrected chi connectivity index (χ2v) is 27.7. The molecule has 8 nitrogen and oxygen atoms in total. The van der Waals surface area contributed by atoms with Gasteiger partial charge in [-0.2, -0.15) is 0 Å². The fourth-order valence-electron chi connectivity index (χ4n) is 10.5. The summed E-state index contributed by atoms with van der Waals surface area (Å²) in [6.07, 6.45) is 109. The molecule has 0 aliphatic heterocycles. The van der Waals surface area contributed by atoms with Crippen molar-refractivity contribution in [3.63, 3.8) is 0 Å². The highest BCUT2D eigenvalue weighted by Crippen LogP contribution is 2.43. The van der Waals surface area contributed by atoms with Gasteiger partial charge in [0.05, 0.1) is 39.9 Å². The van der Waals surface area contributed by atoms with E-state index >= 15 is 0 Å². The van der Waals surface area contributed by atoms with Crippen LogP contribution in [0.15, 0.2) is 146 Å². The molecule has 0 aromatic carbocycles. The van der Waals surface area contributed by atoms with Gasteiger partial charge in [0.2, 0.25) is 5.91 Å². The molecule has 0 aliphatic carbocycles. The molecule has 0 bridgehead atoms. The van der Waals surface area contributed by atoms with E-state index in [0.717, 1.165) is 116 Å². The number of quaternary nitrogens is 1. The maximum absolute atomic E-state index is 13.1. The van der Waals surface area contributed by atoms with Crippen molar-refractivity contribution in [2.45, 2.75) is 328 Å². The number of likely N-dealkylation sites (N-methyl/N-ethyl adjacent to an activating group) is 1. The number of phosphoric ester groups is 1. The summed E-state index contributed by atoms with van der Waals surface area (Å²) in [5.74, 6) is -0.198. The zero-order valence-electron chi connectivity index (χ0n) is 59.8. The van der Waals surface area contributed by atoms with Crippen LogP contribution in [-0.4, -0.2) is 73.4 Å². The van der Waals surface area contributed by atoms with Gasteiger partial charge in [-0.3, -0.25) is 13.8 Å². The standard InChI is InChI=1S/C82H143N2O6P/c1-6-8-10-12-14-16-18-20-22-24-26-28-30-32-34-36-38-39-40-41-42-43-44-45-46-48-50-52-54-56-58-60-62-64-66-68-70-72-74-76-82(86)83-80(79-90-91(87,88)89-78-77-84(3,4)5)81(85)75-73-71-69-67-65-63-61-59-57-55-53-51-49-47-37-35-33-31-29-27-25-23-21-19-17-15-13-11-9-7-2/h8,10,14,16,20,22,26,28,32,34,38-39,41-42,44-45,48,50,54,56,65,67,73,75,80-81,85H,6-7,9,11-13,15,17-19,21,23-25,27,29-31,33,35-37,40,43,46-47,49,51-53,55,57-64,66,68-72,74,76-79H2,1-5H3,(H-,83,86,87,88)/p+1/b10-8-,16-14-,22-20-,28-26-,34-32-,39-38-,42-41-,45-44-,50-48-,56-54-,67-65+,75-73+. The third kappa shape index (κ3) is 73.7. The Morgan fingerprint density at radius 2 is 0.670 bits per heavy atom. The van der Waals surface area contributed by atoms with Crippen molar-refractivity contribution in [3.8, 4) is 0 Å². The number of aliphatic hydroxyl groups is 1. The molecule has 0 fully saturated rings. The van der Waals surface area contributed by atoms with Gasteiger partial charge in [-0.05, 0) is 109 Å². The Hall–Kier alpha value is -3.62. The van der Waals surface area contributed by atoms with Crippen molar-refractivity contribution in [1.82, 2.24) is 5.32 Å². The third-order valence-electron chi connectivity index (χ3n) is 16.3. The molecule has 0 rings (SSSR count). The zero-order valence-corrected chi connectivity index (χ0v) is 60.7. The topological polar surface area (TPSA) is 105 Å². The molecule has 0 saturated carbocycles. The number of unbranched alkanes of at least 4 members (excludes halogenated alkanes) is 33. The monoisotopic (exact) mass is 1280 g/mol. The van der Waals surface area contributed by atoms with Crippen LogP contribution in [-0.2, 0) is 18.4 Å². The first kappa shape index (κ1) is 87.4. The molecule has 1 amide bonds. The Bertz CT molecular complexity index is 2000. The highest BCUT2D eigenvalue weighted by Gasteiger charge is 2.28. The van der Waals surface area contributed by atoms with Crippen LogP contribution in [0.25, 0.3) is 0 Å². The van der Waals surface area contributed by atoms with Gasteiger partial charge in [-0.15, -0.1) is 0 Å². The number of allylic oxidation sites excluding steroid dienone is 23. The highest BCUT2D eigenvalue weighted by molar-refractivity contribution is 7.47. The summed E-state index contributed by atoms with van der Waals surface area (Å²) in [6.45, 7) is 4.69. The molecule has 0 spiro atoms. The number of aliphatic hydroxyl groups excluding tert-OH is 1. The molecular formula is C82H144N2O6P+. The van der Waals surface area contributed by atoms with Crippen LogP contribution in [0.1, 0.15) is 316 Å². The molecular weight excluding hydrogens is 1140 g/mol. The van der Waals surface area contributed by atoms with E-state index in [1.165, 1.54) is 180 Å². The highest BCUT2D eigenvalue weighted by atomic mass is 31.2. The molecule has 3 N–H and O–H groups in total. The largest absolute Gasteiger partial charge is 0.472 e. The normalized spacial score (nSPS) is 14.4. The minimum Gasteiger partial charge on any atom is -0.387 e. The minimum atomic E-state index is -4.38. The molecule has 0 aromatic rings. The first-order chi connectivity index (χ1) is 44.5. The molecule has 522 valence electrons. The lowest BCUT2D eigenvalue weighted by Crippen LogP contribution is -2.45. The summed E-state index contributed by atoms with van der Waals surface area (Å²) in [7, 11) is 1.54. The average molecular weight is 1290 g/mol. The Kier molecular flexibility index (Phi) is 67.9. The number of carbonyl (C=O) groups excluding carboxylic acids is 1. The first-order valence-corrected chi connectivity index (χ1v) is 39.2. The van der Waals surface area contributed by atoms with Crippen LogP contribution in [0.2, 0.25) is 0 Å². The maximum Gasteiger partial charge on any atom is 0.472 e. The number of hydrogen-bond acceptors (Lipinski definition) is 5. The lowest BCUT2D eigenvalue weighted by molar-refractivity contribution is -0.870. The summed E-state index contributed by atoms with van der Waals surface area (Å²) in [5.41, 5.74) is 0. The van der Waals surface area contributed by atoms with Crippen LogP contribution in [0.3, 0.4) is 0 Å². The minimum absolute atomic E-state index is 0.0477. The quantitative estimate of drug-likeness (QED) is 0.0243. The van der Waals surface area contributed by atoms with Crippen molar-refractivity contribution >= 4 is 13.7 Å². The van der Waals surface area contributed by atoms with Gasteiger partial charge in [0.1, 0.15) is 13.2 Å². The Labute approximate surface area is 563 Å². The summed E-state index contributed by atoms with van der Waals surface area (Å²) < 4.78 is 23.8.